The second-order valence-electron chi connectivity index (χ2n) is 6.21. The number of benzene rings is 2. The Hall–Kier alpha value is -2.15. The van der Waals surface area contributed by atoms with E-state index in [2.05, 4.69) is 23.1 Å². The van der Waals surface area contributed by atoms with Crippen LogP contribution in [0.1, 0.15) is 30.5 Å². The molecule has 0 radical (unpaired) electrons. The van der Waals surface area contributed by atoms with E-state index in [0.29, 0.717) is 18.7 Å². The highest BCUT2D eigenvalue weighted by atomic mass is 16.3. The molecule has 3 nitrogen and oxygen atoms in total. The second kappa shape index (κ2) is 7.22. The van der Waals surface area contributed by atoms with E-state index < -0.39 is 5.60 Å². The first-order chi connectivity index (χ1) is 10.5. The van der Waals surface area contributed by atoms with Crippen molar-refractivity contribution in [3.8, 4) is 6.07 Å². The largest absolute Gasteiger partial charge is 0.389 e. The summed E-state index contributed by atoms with van der Waals surface area (Å²) in [6.45, 7) is 5.54. The van der Waals surface area contributed by atoms with Gasteiger partial charge in [-0.1, -0.05) is 48.5 Å². The van der Waals surface area contributed by atoms with E-state index in [-0.39, 0.29) is 0 Å². The van der Waals surface area contributed by atoms with Crippen LogP contribution in [0.25, 0.3) is 0 Å². The summed E-state index contributed by atoms with van der Waals surface area (Å²) < 4.78 is 0. The van der Waals surface area contributed by atoms with Crippen LogP contribution < -0.4 is 0 Å². The van der Waals surface area contributed by atoms with Gasteiger partial charge in [0, 0.05) is 19.6 Å². The second-order valence-corrected chi connectivity index (χ2v) is 6.21. The molecule has 0 aliphatic heterocycles. The molecular formula is C19H22N2O. The van der Waals surface area contributed by atoms with E-state index in [0.717, 1.165) is 12.1 Å². The van der Waals surface area contributed by atoms with E-state index in [1.165, 1.54) is 5.56 Å². The van der Waals surface area contributed by atoms with Gasteiger partial charge in [-0.2, -0.15) is 5.26 Å². The van der Waals surface area contributed by atoms with Gasteiger partial charge in [-0.15, -0.1) is 0 Å². The molecule has 0 amide bonds. The maximum atomic E-state index is 10.2. The van der Waals surface area contributed by atoms with Gasteiger partial charge in [-0.3, -0.25) is 4.90 Å². The van der Waals surface area contributed by atoms with Crippen molar-refractivity contribution in [3.05, 3.63) is 71.3 Å². The number of hydrogen-bond donors (Lipinski definition) is 1. The van der Waals surface area contributed by atoms with E-state index in [1.54, 1.807) is 13.8 Å². The van der Waals surface area contributed by atoms with Crippen LogP contribution >= 0.6 is 0 Å². The molecule has 0 aliphatic carbocycles. The van der Waals surface area contributed by atoms with E-state index in [9.17, 15) is 10.4 Å². The normalized spacial score (nSPS) is 11.4. The van der Waals surface area contributed by atoms with Gasteiger partial charge >= 0.3 is 0 Å². The zero-order valence-electron chi connectivity index (χ0n) is 13.2. The minimum absolute atomic E-state index is 0.543. The lowest BCUT2D eigenvalue weighted by Crippen LogP contribution is -2.38. The Labute approximate surface area is 132 Å². The first kappa shape index (κ1) is 16.2. The standard InChI is InChI=1S/C19H22N2O/c1-19(2,22)15-21(13-16-8-4-3-5-9-16)14-18-11-7-6-10-17(18)12-20/h3-11,22H,13-15H2,1-2H3. The highest BCUT2D eigenvalue weighted by Crippen LogP contribution is 2.16. The third-order valence-corrected chi connectivity index (χ3v) is 3.39. The predicted molar refractivity (Wildman–Crippen MR) is 88.0 cm³/mol. The summed E-state index contributed by atoms with van der Waals surface area (Å²) in [4.78, 5) is 2.17. The fraction of sp³-hybridized carbons (Fsp3) is 0.316. The Morgan fingerprint density at radius 2 is 1.64 bits per heavy atom. The Morgan fingerprint density at radius 1 is 1.00 bits per heavy atom. The van der Waals surface area contributed by atoms with Crippen LogP contribution in [-0.4, -0.2) is 22.2 Å². The number of nitriles is 1. The van der Waals surface area contributed by atoms with Crippen molar-refractivity contribution in [1.29, 1.82) is 5.26 Å². The third-order valence-electron chi connectivity index (χ3n) is 3.39. The Bertz CT molecular complexity index is 638. The average molecular weight is 294 g/mol. The molecule has 2 aromatic carbocycles. The van der Waals surface area contributed by atoms with Crippen LogP contribution in [0.5, 0.6) is 0 Å². The van der Waals surface area contributed by atoms with E-state index >= 15 is 0 Å². The quantitative estimate of drug-likeness (QED) is 0.889. The lowest BCUT2D eigenvalue weighted by molar-refractivity contribution is 0.0306. The van der Waals surface area contributed by atoms with Crippen molar-refractivity contribution >= 4 is 0 Å². The lowest BCUT2D eigenvalue weighted by Gasteiger charge is -2.29. The summed E-state index contributed by atoms with van der Waals surface area (Å²) in [7, 11) is 0. The molecule has 0 fully saturated rings. The molecule has 0 aliphatic rings. The monoisotopic (exact) mass is 294 g/mol. The van der Waals surface area contributed by atoms with Crippen molar-refractivity contribution in [2.45, 2.75) is 32.5 Å². The van der Waals surface area contributed by atoms with E-state index in [4.69, 9.17) is 0 Å². The van der Waals surface area contributed by atoms with Gasteiger partial charge in [0.25, 0.3) is 0 Å². The van der Waals surface area contributed by atoms with Crippen molar-refractivity contribution < 1.29 is 5.11 Å². The Morgan fingerprint density at radius 3 is 2.27 bits per heavy atom. The van der Waals surface area contributed by atoms with E-state index in [1.807, 2.05) is 42.5 Å². The molecule has 114 valence electrons. The average Bonchev–Trinajstić information content (AvgIpc) is 2.47. The van der Waals surface area contributed by atoms with Gasteiger partial charge in [0.05, 0.1) is 17.2 Å². The van der Waals surface area contributed by atoms with Gasteiger partial charge in [0.1, 0.15) is 0 Å². The van der Waals surface area contributed by atoms with Crippen LogP contribution in [0.2, 0.25) is 0 Å². The van der Waals surface area contributed by atoms with Crippen LogP contribution in [0.4, 0.5) is 0 Å². The molecule has 22 heavy (non-hydrogen) atoms. The highest BCUT2D eigenvalue weighted by Gasteiger charge is 2.19. The predicted octanol–water partition coefficient (Wildman–Crippen LogP) is 3.33. The summed E-state index contributed by atoms with van der Waals surface area (Å²) in [5, 5.41) is 19.4. The van der Waals surface area contributed by atoms with Crippen molar-refractivity contribution in [3.63, 3.8) is 0 Å². The molecule has 2 rings (SSSR count). The van der Waals surface area contributed by atoms with Gasteiger partial charge in [0.15, 0.2) is 0 Å². The zero-order chi connectivity index (χ0) is 16.0. The van der Waals surface area contributed by atoms with Crippen LogP contribution in [-0.2, 0) is 13.1 Å². The fourth-order valence-electron chi connectivity index (χ4n) is 2.56. The van der Waals surface area contributed by atoms with Crippen molar-refractivity contribution in [2.24, 2.45) is 0 Å². The molecule has 0 unspecified atom stereocenters. The smallest absolute Gasteiger partial charge is 0.0995 e. The summed E-state index contributed by atoms with van der Waals surface area (Å²) in [5.41, 5.74) is 2.10. The summed E-state index contributed by atoms with van der Waals surface area (Å²) in [6.07, 6.45) is 0. The SMILES string of the molecule is CC(C)(O)CN(Cc1ccccc1)Cc1ccccc1C#N. The van der Waals surface area contributed by atoms with Crippen LogP contribution in [0, 0.1) is 11.3 Å². The molecule has 2 aromatic rings. The van der Waals surface area contributed by atoms with Gasteiger partial charge in [0.2, 0.25) is 0 Å². The summed E-state index contributed by atoms with van der Waals surface area (Å²) in [5.74, 6) is 0. The third kappa shape index (κ3) is 5.00. The molecular weight excluding hydrogens is 272 g/mol. The molecule has 0 saturated carbocycles. The first-order valence-corrected chi connectivity index (χ1v) is 7.44. The van der Waals surface area contributed by atoms with Gasteiger partial charge in [-0.05, 0) is 31.0 Å². The topological polar surface area (TPSA) is 47.3 Å². The molecule has 0 aromatic heterocycles. The summed E-state index contributed by atoms with van der Waals surface area (Å²) >= 11 is 0. The lowest BCUT2D eigenvalue weighted by atomic mass is 10.0. The number of rotatable bonds is 6. The maximum absolute atomic E-state index is 10.2. The zero-order valence-corrected chi connectivity index (χ0v) is 13.2. The summed E-state index contributed by atoms with van der Waals surface area (Å²) in [6, 6.07) is 20.0. The van der Waals surface area contributed by atoms with Crippen molar-refractivity contribution in [2.75, 3.05) is 6.54 Å². The highest BCUT2D eigenvalue weighted by molar-refractivity contribution is 5.37. The maximum Gasteiger partial charge on any atom is 0.0995 e. The number of nitrogens with zero attached hydrogens (tertiary/aromatic N) is 2. The first-order valence-electron chi connectivity index (χ1n) is 7.44. The molecule has 1 N–H and O–H groups in total. The molecule has 0 heterocycles. The minimum atomic E-state index is -0.781. The van der Waals surface area contributed by atoms with Crippen molar-refractivity contribution in [1.82, 2.24) is 4.90 Å². The van der Waals surface area contributed by atoms with Gasteiger partial charge in [-0.25, -0.2) is 0 Å². The van der Waals surface area contributed by atoms with Crippen LogP contribution in [0.15, 0.2) is 54.6 Å². The Kier molecular flexibility index (Phi) is 5.32. The molecule has 3 heteroatoms. The Balaban J connectivity index is 2.19. The molecule has 0 atom stereocenters. The molecule has 0 saturated heterocycles. The molecule has 0 bridgehead atoms. The van der Waals surface area contributed by atoms with Gasteiger partial charge < -0.3 is 5.11 Å². The number of aliphatic hydroxyl groups is 1. The minimum Gasteiger partial charge on any atom is -0.389 e. The number of hydrogen-bond acceptors (Lipinski definition) is 3. The molecule has 0 spiro atoms. The van der Waals surface area contributed by atoms with Crippen LogP contribution in [0.3, 0.4) is 0 Å². The fourth-order valence-corrected chi connectivity index (χ4v) is 2.56.